The van der Waals surface area contributed by atoms with Gasteiger partial charge < -0.3 is 9.46 Å². The average Bonchev–Trinajstić information content (AvgIpc) is 2.92. The van der Waals surface area contributed by atoms with Gasteiger partial charge in [0.05, 0.1) is 39.1 Å². The second-order valence-corrected chi connectivity index (χ2v) is 10.6. The number of ether oxygens (including phenoxy) is 1. The Hall–Kier alpha value is -3.44. The lowest BCUT2D eigenvalue weighted by atomic mass is 9.88. The number of nitrogens with one attached hydrogen (secondary N) is 1. The van der Waals surface area contributed by atoms with Crippen LogP contribution in [0.3, 0.4) is 0 Å². The second-order valence-electron chi connectivity index (χ2n) is 8.65. The second kappa shape index (κ2) is 19.6. The highest BCUT2D eigenvalue weighted by Crippen LogP contribution is 2.35. The van der Waals surface area contributed by atoms with Crippen LogP contribution in [0.25, 0.3) is 0 Å². The Kier molecular flexibility index (Phi) is 19.0. The molecule has 0 aromatic heterocycles. The van der Waals surface area contributed by atoms with Gasteiger partial charge >= 0.3 is 0 Å². The lowest BCUT2D eigenvalue weighted by molar-refractivity contribution is -0.113. The molecule has 0 aliphatic rings. The fraction of sp³-hybridized carbons (Fsp3) is 0.406. The molecule has 0 radical (unpaired) electrons. The van der Waals surface area contributed by atoms with E-state index in [2.05, 4.69) is 23.8 Å². The molecular weight excluding hydrogens is 530 g/mol. The van der Waals surface area contributed by atoms with Crippen LogP contribution in [0.2, 0.25) is 0 Å². The number of ketones is 1. The molecule has 0 bridgehead atoms. The minimum atomic E-state index is -3.41. The fourth-order valence-electron chi connectivity index (χ4n) is 3.49. The first-order chi connectivity index (χ1) is 18.8. The van der Waals surface area contributed by atoms with E-state index in [-0.39, 0.29) is 33.3 Å². The SMILES string of the molecule is C=C/C(C#N)=C\C(=C(/C)OC)S(=C)(=O)Nc1ccc(F)c([C@@H](CC)CC/C(C)=C(/C)C(C)=O)c1F.C=CC.CC. The molecule has 1 unspecified atom stereocenters. The summed E-state index contributed by atoms with van der Waals surface area (Å²) in [7, 11) is -2.04. The van der Waals surface area contributed by atoms with Crippen LogP contribution in [0.4, 0.5) is 14.5 Å². The third-order valence-corrected chi connectivity index (χ3v) is 7.65. The number of halogens is 2. The van der Waals surface area contributed by atoms with Crippen LogP contribution < -0.4 is 4.72 Å². The maximum absolute atomic E-state index is 15.6. The van der Waals surface area contributed by atoms with Gasteiger partial charge in [-0.25, -0.2) is 13.0 Å². The lowest BCUT2D eigenvalue weighted by Gasteiger charge is -2.21. The Morgan fingerprint density at radius 1 is 1.20 bits per heavy atom. The molecule has 2 atom stereocenters. The van der Waals surface area contributed by atoms with Crippen molar-refractivity contribution in [3.8, 4) is 6.07 Å². The van der Waals surface area contributed by atoms with Gasteiger partial charge in [0.25, 0.3) is 0 Å². The van der Waals surface area contributed by atoms with E-state index in [4.69, 9.17) is 4.74 Å². The lowest BCUT2D eigenvalue weighted by Crippen LogP contribution is -2.18. The fourth-order valence-corrected chi connectivity index (χ4v) is 4.98. The minimum Gasteiger partial charge on any atom is -0.500 e. The van der Waals surface area contributed by atoms with Gasteiger partial charge in [0.2, 0.25) is 0 Å². The van der Waals surface area contributed by atoms with Crippen LogP contribution in [0.1, 0.15) is 86.1 Å². The van der Waals surface area contributed by atoms with E-state index in [0.717, 1.165) is 11.6 Å². The largest absolute Gasteiger partial charge is 0.500 e. The summed E-state index contributed by atoms with van der Waals surface area (Å²) in [5, 5.41) is 9.23. The summed E-state index contributed by atoms with van der Waals surface area (Å²) < 4.78 is 51.7. The van der Waals surface area contributed by atoms with Crippen LogP contribution in [0.15, 0.2) is 70.9 Å². The molecule has 0 saturated carbocycles. The normalized spacial score (nSPS) is 14.2. The maximum Gasteiger partial charge on any atom is 0.155 e. The number of benzene rings is 1. The number of methoxy groups -OCH3 is 1. The number of carbonyl (C=O) groups is 1. The van der Waals surface area contributed by atoms with E-state index in [0.29, 0.717) is 24.8 Å². The molecule has 0 fully saturated rings. The minimum absolute atomic E-state index is 0.0374. The highest BCUT2D eigenvalue weighted by molar-refractivity contribution is 8.05. The van der Waals surface area contributed by atoms with Gasteiger partial charge in [-0.3, -0.25) is 4.79 Å². The molecule has 5 nitrogen and oxygen atoms in total. The number of nitriles is 1. The van der Waals surface area contributed by atoms with Gasteiger partial charge in [0.1, 0.15) is 11.6 Å². The third-order valence-electron chi connectivity index (χ3n) is 5.98. The predicted molar refractivity (Wildman–Crippen MR) is 167 cm³/mol. The van der Waals surface area contributed by atoms with E-state index in [1.54, 1.807) is 13.0 Å². The summed E-state index contributed by atoms with van der Waals surface area (Å²) in [5.74, 6) is 1.85. The van der Waals surface area contributed by atoms with E-state index in [1.807, 2.05) is 40.7 Å². The number of hydrogen-bond acceptors (Lipinski definition) is 4. The van der Waals surface area contributed by atoms with Crippen molar-refractivity contribution >= 4 is 27.0 Å². The third kappa shape index (κ3) is 11.7. The molecule has 1 aromatic carbocycles. The zero-order valence-electron chi connectivity index (χ0n) is 25.5. The monoisotopic (exact) mass is 576 g/mol. The van der Waals surface area contributed by atoms with Crippen LogP contribution in [-0.2, 0) is 19.2 Å². The highest BCUT2D eigenvalue weighted by Gasteiger charge is 2.24. The van der Waals surface area contributed by atoms with E-state index in [1.165, 1.54) is 39.2 Å². The van der Waals surface area contributed by atoms with Crippen molar-refractivity contribution in [3.63, 3.8) is 0 Å². The van der Waals surface area contributed by atoms with Crippen molar-refractivity contribution in [1.82, 2.24) is 0 Å². The molecule has 0 aliphatic carbocycles. The smallest absolute Gasteiger partial charge is 0.155 e. The average molecular weight is 577 g/mol. The molecule has 1 rings (SSSR count). The van der Waals surface area contributed by atoms with E-state index in [9.17, 15) is 18.7 Å². The summed E-state index contributed by atoms with van der Waals surface area (Å²) in [5.41, 5.74) is 1.34. The van der Waals surface area contributed by atoms with Crippen molar-refractivity contribution in [3.05, 3.63) is 88.1 Å². The van der Waals surface area contributed by atoms with Crippen molar-refractivity contribution in [2.24, 2.45) is 0 Å². The molecule has 0 saturated heterocycles. The maximum atomic E-state index is 15.6. The number of Topliss-reactive ketones (excluding diaryl/α,β-unsaturated/α-hetero) is 1. The summed E-state index contributed by atoms with van der Waals surface area (Å²) in [6.45, 7) is 21.2. The summed E-state index contributed by atoms with van der Waals surface area (Å²) >= 11 is 0. The Labute approximate surface area is 241 Å². The van der Waals surface area contributed by atoms with Crippen molar-refractivity contribution in [2.45, 2.75) is 80.6 Å². The molecule has 222 valence electrons. The number of anilines is 1. The molecule has 8 heteroatoms. The van der Waals surface area contributed by atoms with Crippen molar-refractivity contribution in [2.75, 3.05) is 11.8 Å². The van der Waals surface area contributed by atoms with Gasteiger partial charge in [0, 0.05) is 5.56 Å². The van der Waals surface area contributed by atoms with Crippen LogP contribution >= 0.6 is 0 Å². The molecule has 0 amide bonds. The highest BCUT2D eigenvalue weighted by atomic mass is 32.2. The molecule has 0 spiro atoms. The molecule has 40 heavy (non-hydrogen) atoms. The standard InChI is InChI=1S/C27H34F2N2O3S.C3H6.C2H6/c1-9-21(16-30)15-25(20(6)34-7)35(8,33)31-24-14-13-23(28)26(27(24)29)22(10-2)12-11-17(3)18(4)19(5)32;1-3-2;1-2/h9,13-15,22H,1,8,10-12H2,2-7H3,(H,31,33);3H,1H2,2H3;1-2H3/b18-17-,21-15+,25-20-;;/t22-,35?;;/m0../s1. The van der Waals surface area contributed by atoms with Gasteiger partial charge in [-0.15, -0.1) is 6.58 Å². The predicted octanol–water partition coefficient (Wildman–Crippen LogP) is 8.94. The van der Waals surface area contributed by atoms with Crippen LogP contribution in [0, 0.1) is 23.0 Å². The summed E-state index contributed by atoms with van der Waals surface area (Å²) in [4.78, 5) is 11.7. The Bertz CT molecular complexity index is 1270. The zero-order valence-corrected chi connectivity index (χ0v) is 26.4. The Morgan fingerprint density at radius 2 is 1.75 bits per heavy atom. The van der Waals surface area contributed by atoms with Crippen LogP contribution in [-0.4, -0.2) is 23.0 Å². The van der Waals surface area contributed by atoms with Gasteiger partial charge in [-0.05, 0) is 89.5 Å². The van der Waals surface area contributed by atoms with Crippen molar-refractivity contribution in [1.29, 1.82) is 5.26 Å². The molecule has 1 N–H and O–H groups in total. The molecule has 1 aromatic rings. The summed E-state index contributed by atoms with van der Waals surface area (Å²) in [6.07, 6.45) is 5.75. The van der Waals surface area contributed by atoms with Crippen LogP contribution in [0.5, 0.6) is 0 Å². The van der Waals surface area contributed by atoms with E-state index >= 15 is 4.39 Å². The number of allylic oxidation sites excluding steroid dienone is 7. The zero-order chi connectivity index (χ0) is 31.6. The van der Waals surface area contributed by atoms with Crippen molar-refractivity contribution < 1.29 is 22.5 Å². The molecular formula is C32H46F2N2O3S. The topological polar surface area (TPSA) is 79.2 Å². The number of rotatable bonds is 12. The first-order valence-corrected chi connectivity index (χ1v) is 14.8. The first-order valence-electron chi connectivity index (χ1n) is 13.1. The van der Waals surface area contributed by atoms with Gasteiger partial charge in [0.15, 0.2) is 11.6 Å². The number of carbonyl (C=O) groups excluding carboxylic acids is 1. The Balaban J connectivity index is 0. The van der Waals surface area contributed by atoms with Gasteiger partial charge in [-0.1, -0.05) is 45.1 Å². The molecule has 0 aliphatic heterocycles. The summed E-state index contributed by atoms with van der Waals surface area (Å²) in [6, 6.07) is 4.20. The first kappa shape index (κ1) is 38.7. The Morgan fingerprint density at radius 3 is 2.17 bits per heavy atom. The molecule has 0 heterocycles. The number of nitrogens with zero attached hydrogens (tertiary/aromatic N) is 1. The number of hydrogen-bond donors (Lipinski definition) is 1. The van der Waals surface area contributed by atoms with Gasteiger partial charge in [-0.2, -0.15) is 5.26 Å². The van der Waals surface area contributed by atoms with E-state index < -0.39 is 27.3 Å². The quantitative estimate of drug-likeness (QED) is 0.0673.